The first-order valence-electron chi connectivity index (χ1n) is 7.10. The number of piperazine rings is 1. The fourth-order valence-electron chi connectivity index (χ4n) is 2.72. The van der Waals surface area contributed by atoms with Crippen molar-refractivity contribution in [2.75, 3.05) is 19.6 Å². The van der Waals surface area contributed by atoms with Crippen LogP contribution >= 0.6 is 0 Å². The molecular formula is C14H26N2O2. The highest BCUT2D eigenvalue weighted by molar-refractivity contribution is 5.68. The Balaban J connectivity index is 1.85. The van der Waals surface area contributed by atoms with Gasteiger partial charge in [0, 0.05) is 31.7 Å². The fraction of sp³-hybridized carbons (Fsp3) is 0.929. The van der Waals surface area contributed by atoms with Crippen LogP contribution in [0.15, 0.2) is 0 Å². The van der Waals surface area contributed by atoms with Crippen LogP contribution in [0.5, 0.6) is 0 Å². The van der Waals surface area contributed by atoms with Crippen molar-refractivity contribution < 1.29 is 9.53 Å². The Morgan fingerprint density at radius 2 is 1.89 bits per heavy atom. The van der Waals surface area contributed by atoms with Gasteiger partial charge in [0.1, 0.15) is 5.60 Å². The summed E-state index contributed by atoms with van der Waals surface area (Å²) < 4.78 is 5.43. The Morgan fingerprint density at radius 1 is 1.22 bits per heavy atom. The van der Waals surface area contributed by atoms with Crippen LogP contribution in [0.25, 0.3) is 0 Å². The third-order valence-corrected chi connectivity index (χ3v) is 3.87. The highest BCUT2D eigenvalue weighted by atomic mass is 16.6. The summed E-state index contributed by atoms with van der Waals surface area (Å²) in [7, 11) is 0. The van der Waals surface area contributed by atoms with Crippen LogP contribution in [0.1, 0.15) is 47.0 Å². The maximum atomic E-state index is 12.0. The van der Waals surface area contributed by atoms with Gasteiger partial charge in [0.2, 0.25) is 0 Å². The summed E-state index contributed by atoms with van der Waals surface area (Å²) in [5.74, 6) is 0. The van der Waals surface area contributed by atoms with Crippen molar-refractivity contribution in [2.24, 2.45) is 0 Å². The van der Waals surface area contributed by atoms with E-state index in [0.29, 0.717) is 6.04 Å². The smallest absolute Gasteiger partial charge is 0.410 e. The van der Waals surface area contributed by atoms with E-state index >= 15 is 0 Å². The highest BCUT2D eigenvalue weighted by Crippen LogP contribution is 2.28. The van der Waals surface area contributed by atoms with Gasteiger partial charge in [-0.05, 0) is 40.5 Å². The molecule has 0 bridgehead atoms. The van der Waals surface area contributed by atoms with Gasteiger partial charge >= 0.3 is 6.09 Å². The number of hydrogen-bond donors (Lipinski definition) is 0. The molecular weight excluding hydrogens is 228 g/mol. The molecule has 1 atom stereocenters. The monoisotopic (exact) mass is 254 g/mol. The molecule has 0 spiro atoms. The Morgan fingerprint density at radius 3 is 2.33 bits per heavy atom. The van der Waals surface area contributed by atoms with Crippen LogP contribution in [0.3, 0.4) is 0 Å². The van der Waals surface area contributed by atoms with Crippen LogP contribution in [0.2, 0.25) is 0 Å². The zero-order valence-electron chi connectivity index (χ0n) is 12.1. The molecule has 1 aliphatic heterocycles. The van der Waals surface area contributed by atoms with Crippen molar-refractivity contribution in [3.63, 3.8) is 0 Å². The minimum Gasteiger partial charge on any atom is -0.444 e. The van der Waals surface area contributed by atoms with Crippen molar-refractivity contribution in [3.05, 3.63) is 0 Å². The Labute approximate surface area is 110 Å². The van der Waals surface area contributed by atoms with Gasteiger partial charge < -0.3 is 9.64 Å². The summed E-state index contributed by atoms with van der Waals surface area (Å²) in [6.07, 6.45) is 3.86. The molecule has 0 aromatic heterocycles. The van der Waals surface area contributed by atoms with Crippen molar-refractivity contribution >= 4 is 6.09 Å². The second kappa shape index (κ2) is 5.08. The van der Waals surface area contributed by atoms with Gasteiger partial charge in [-0.3, -0.25) is 4.90 Å². The van der Waals surface area contributed by atoms with Crippen molar-refractivity contribution in [1.29, 1.82) is 0 Å². The zero-order chi connectivity index (χ0) is 13.3. The molecule has 1 saturated carbocycles. The Hall–Kier alpha value is -0.770. The highest BCUT2D eigenvalue weighted by Gasteiger charge is 2.34. The maximum Gasteiger partial charge on any atom is 0.410 e. The largest absolute Gasteiger partial charge is 0.444 e. The van der Waals surface area contributed by atoms with E-state index in [1.165, 1.54) is 19.3 Å². The van der Waals surface area contributed by atoms with Crippen molar-refractivity contribution in [3.8, 4) is 0 Å². The fourth-order valence-corrected chi connectivity index (χ4v) is 2.72. The molecule has 1 aliphatic carbocycles. The Kier molecular flexibility index (Phi) is 3.85. The number of carbonyl (C=O) groups excluding carboxylic acids is 1. The first-order valence-corrected chi connectivity index (χ1v) is 7.10. The van der Waals surface area contributed by atoms with Gasteiger partial charge in [-0.15, -0.1) is 0 Å². The molecule has 0 aromatic carbocycles. The number of carbonyl (C=O) groups is 1. The number of rotatable bonds is 1. The molecule has 1 unspecified atom stereocenters. The van der Waals surface area contributed by atoms with E-state index in [-0.39, 0.29) is 6.09 Å². The standard InChI is InChI=1S/C14H26N2O2/c1-11-10-15(13(17)18-14(2,3)4)8-9-16(11)12-6-5-7-12/h11-12H,5-10H2,1-4H3. The number of amides is 1. The normalized spacial score (nSPS) is 26.9. The summed E-state index contributed by atoms with van der Waals surface area (Å²) in [5, 5.41) is 0. The van der Waals surface area contributed by atoms with Crippen LogP contribution in [0, 0.1) is 0 Å². The number of ether oxygens (including phenoxy) is 1. The average molecular weight is 254 g/mol. The zero-order valence-corrected chi connectivity index (χ0v) is 12.1. The molecule has 2 rings (SSSR count). The predicted octanol–water partition coefficient (Wildman–Crippen LogP) is 2.48. The lowest BCUT2D eigenvalue weighted by molar-refractivity contribution is -0.0112. The van der Waals surface area contributed by atoms with Crippen molar-refractivity contribution in [1.82, 2.24) is 9.80 Å². The second-order valence-electron chi connectivity index (χ2n) is 6.60. The lowest BCUT2D eigenvalue weighted by Crippen LogP contribution is -2.58. The van der Waals surface area contributed by atoms with Crippen molar-refractivity contribution in [2.45, 2.75) is 64.6 Å². The maximum absolute atomic E-state index is 12.0. The number of nitrogens with zero attached hydrogens (tertiary/aromatic N) is 2. The molecule has 1 amide bonds. The molecule has 1 saturated heterocycles. The minimum atomic E-state index is -0.397. The number of hydrogen-bond acceptors (Lipinski definition) is 3. The molecule has 18 heavy (non-hydrogen) atoms. The van der Waals surface area contributed by atoms with E-state index in [9.17, 15) is 4.79 Å². The molecule has 4 nitrogen and oxygen atoms in total. The van der Waals surface area contributed by atoms with Crippen LogP contribution in [0.4, 0.5) is 4.79 Å². The van der Waals surface area contributed by atoms with Crippen LogP contribution in [-0.2, 0) is 4.74 Å². The average Bonchev–Trinajstić information content (AvgIpc) is 2.15. The topological polar surface area (TPSA) is 32.8 Å². The van der Waals surface area contributed by atoms with Crippen LogP contribution in [-0.4, -0.2) is 53.2 Å². The summed E-state index contributed by atoms with van der Waals surface area (Å²) >= 11 is 0. The van der Waals surface area contributed by atoms with Gasteiger partial charge in [-0.2, -0.15) is 0 Å². The summed E-state index contributed by atoms with van der Waals surface area (Å²) in [6, 6.07) is 1.22. The molecule has 0 aromatic rings. The third kappa shape index (κ3) is 3.16. The summed E-state index contributed by atoms with van der Waals surface area (Å²) in [5.41, 5.74) is -0.397. The molecule has 0 N–H and O–H groups in total. The first-order chi connectivity index (χ1) is 8.37. The Bertz CT molecular complexity index is 307. The second-order valence-corrected chi connectivity index (χ2v) is 6.60. The summed E-state index contributed by atoms with van der Waals surface area (Å²) in [4.78, 5) is 16.4. The molecule has 4 heteroatoms. The first kappa shape index (κ1) is 13.7. The predicted molar refractivity (Wildman–Crippen MR) is 71.6 cm³/mol. The van der Waals surface area contributed by atoms with Crippen LogP contribution < -0.4 is 0 Å². The lowest BCUT2D eigenvalue weighted by Gasteiger charge is -2.46. The van der Waals surface area contributed by atoms with E-state index < -0.39 is 5.60 Å². The molecule has 0 radical (unpaired) electrons. The van der Waals surface area contributed by atoms with Gasteiger partial charge in [0.25, 0.3) is 0 Å². The lowest BCUT2D eigenvalue weighted by atomic mass is 9.90. The van der Waals surface area contributed by atoms with E-state index in [1.807, 2.05) is 25.7 Å². The SMILES string of the molecule is CC1CN(C(=O)OC(C)(C)C)CCN1C1CCC1. The molecule has 1 heterocycles. The third-order valence-electron chi connectivity index (χ3n) is 3.87. The molecule has 2 aliphatic rings. The molecule has 2 fully saturated rings. The van der Waals surface area contributed by atoms with Gasteiger partial charge in [-0.1, -0.05) is 6.42 Å². The van der Waals surface area contributed by atoms with Gasteiger partial charge in [0.15, 0.2) is 0 Å². The van der Waals surface area contributed by atoms with E-state index in [4.69, 9.17) is 4.74 Å². The van der Waals surface area contributed by atoms with E-state index in [0.717, 1.165) is 25.7 Å². The summed E-state index contributed by atoms with van der Waals surface area (Å²) in [6.45, 7) is 10.6. The van der Waals surface area contributed by atoms with E-state index in [1.54, 1.807) is 0 Å². The van der Waals surface area contributed by atoms with Gasteiger partial charge in [-0.25, -0.2) is 4.79 Å². The quantitative estimate of drug-likeness (QED) is 0.720. The minimum absolute atomic E-state index is 0.164. The van der Waals surface area contributed by atoms with E-state index in [2.05, 4.69) is 11.8 Å². The molecule has 104 valence electrons. The van der Waals surface area contributed by atoms with Gasteiger partial charge in [0.05, 0.1) is 0 Å².